The van der Waals surface area contributed by atoms with E-state index < -0.39 is 0 Å². The topological polar surface area (TPSA) is 91.7 Å². The van der Waals surface area contributed by atoms with Gasteiger partial charge in [-0.25, -0.2) is 0 Å². The van der Waals surface area contributed by atoms with Crippen molar-refractivity contribution in [1.29, 1.82) is 0 Å². The molecular weight excluding hydrogens is 462 g/mol. The van der Waals surface area contributed by atoms with Crippen molar-refractivity contribution in [3.63, 3.8) is 0 Å². The molecule has 1 aliphatic heterocycles. The highest BCUT2D eigenvalue weighted by atomic mass is 35.5. The van der Waals surface area contributed by atoms with Crippen LogP contribution in [0.5, 0.6) is 0 Å². The van der Waals surface area contributed by atoms with E-state index in [-0.39, 0.29) is 23.8 Å². The van der Waals surface area contributed by atoms with Crippen LogP contribution in [0.15, 0.2) is 46.9 Å². The Kier molecular flexibility index (Phi) is 6.85. The van der Waals surface area contributed by atoms with E-state index in [0.717, 1.165) is 5.56 Å². The third kappa shape index (κ3) is 5.29. The number of piperidine rings is 1. The number of hydrogen-bond donors (Lipinski definition) is 2. The van der Waals surface area contributed by atoms with Gasteiger partial charge in [0.05, 0.1) is 20.5 Å². The molecule has 0 spiro atoms. The number of carbonyl (C=O) groups is 3. The second-order valence-electron chi connectivity index (χ2n) is 8.01. The summed E-state index contributed by atoms with van der Waals surface area (Å²) in [5.41, 5.74) is 1.19. The number of furan rings is 1. The largest absolute Gasteiger partial charge is 0.456 e. The lowest BCUT2D eigenvalue weighted by Crippen LogP contribution is -2.46. The van der Waals surface area contributed by atoms with Crippen molar-refractivity contribution in [3.8, 4) is 0 Å². The van der Waals surface area contributed by atoms with E-state index in [1.54, 1.807) is 54.3 Å². The third-order valence-corrected chi connectivity index (χ3v) is 7.02. The van der Waals surface area contributed by atoms with Gasteiger partial charge in [-0.2, -0.15) is 0 Å². The minimum Gasteiger partial charge on any atom is -0.456 e. The first-order chi connectivity index (χ1) is 15.8. The number of likely N-dealkylation sites (tertiary alicyclic amines) is 1. The van der Waals surface area contributed by atoms with Gasteiger partial charge in [0.2, 0.25) is 0 Å². The monoisotopic (exact) mass is 485 g/mol. The van der Waals surface area contributed by atoms with Crippen LogP contribution >= 0.6 is 22.9 Å². The van der Waals surface area contributed by atoms with Crippen LogP contribution in [0.2, 0.25) is 5.02 Å². The SMILES string of the molecule is Cc1ccc(C(=O)NC2CCN(C(=O)c3sc(NC(=O)c4ccccc4Cl)cc3C)CC2)o1. The molecule has 0 radical (unpaired) electrons. The summed E-state index contributed by atoms with van der Waals surface area (Å²) in [7, 11) is 0. The lowest BCUT2D eigenvalue weighted by atomic mass is 10.0. The molecule has 1 aliphatic rings. The van der Waals surface area contributed by atoms with Gasteiger partial charge in [-0.3, -0.25) is 14.4 Å². The maximum Gasteiger partial charge on any atom is 0.287 e. The third-order valence-electron chi connectivity index (χ3n) is 5.55. The number of nitrogens with zero attached hydrogens (tertiary/aromatic N) is 1. The highest BCUT2D eigenvalue weighted by molar-refractivity contribution is 7.18. The van der Waals surface area contributed by atoms with E-state index in [1.165, 1.54) is 11.3 Å². The molecule has 2 aromatic heterocycles. The van der Waals surface area contributed by atoms with Gasteiger partial charge in [-0.05, 0) is 62.6 Å². The molecule has 0 atom stereocenters. The Morgan fingerprint density at radius 3 is 2.45 bits per heavy atom. The van der Waals surface area contributed by atoms with Gasteiger partial charge in [0.15, 0.2) is 5.76 Å². The maximum atomic E-state index is 13.1. The summed E-state index contributed by atoms with van der Waals surface area (Å²) in [6.45, 7) is 4.73. The van der Waals surface area contributed by atoms with Crippen LogP contribution in [0, 0.1) is 13.8 Å². The van der Waals surface area contributed by atoms with Crippen LogP contribution in [0.3, 0.4) is 0 Å². The van der Waals surface area contributed by atoms with Gasteiger partial charge in [0.25, 0.3) is 17.7 Å². The maximum absolute atomic E-state index is 13.1. The van der Waals surface area contributed by atoms with Crippen molar-refractivity contribution in [1.82, 2.24) is 10.2 Å². The fourth-order valence-electron chi connectivity index (χ4n) is 3.76. The molecule has 0 saturated carbocycles. The Labute approximate surface area is 200 Å². The molecule has 3 amide bonds. The summed E-state index contributed by atoms with van der Waals surface area (Å²) in [4.78, 5) is 40.3. The molecule has 4 rings (SSSR count). The molecule has 0 aliphatic carbocycles. The molecule has 3 heterocycles. The highest BCUT2D eigenvalue weighted by Crippen LogP contribution is 2.30. The summed E-state index contributed by atoms with van der Waals surface area (Å²) >= 11 is 7.36. The van der Waals surface area contributed by atoms with Crippen LogP contribution in [0.1, 0.15) is 54.7 Å². The molecular formula is C24H24ClN3O4S. The normalized spacial score (nSPS) is 14.2. The highest BCUT2D eigenvalue weighted by Gasteiger charge is 2.27. The molecule has 172 valence electrons. The molecule has 0 bridgehead atoms. The van der Waals surface area contributed by atoms with Gasteiger partial charge in [-0.15, -0.1) is 11.3 Å². The quantitative estimate of drug-likeness (QED) is 0.537. The average Bonchev–Trinajstić information content (AvgIpc) is 3.39. The number of hydrogen-bond acceptors (Lipinski definition) is 5. The van der Waals surface area contributed by atoms with Gasteiger partial charge < -0.3 is 20.0 Å². The van der Waals surface area contributed by atoms with E-state index in [1.807, 2.05) is 6.92 Å². The fraction of sp³-hybridized carbons (Fsp3) is 0.292. The second-order valence-corrected chi connectivity index (χ2v) is 9.47. The van der Waals surface area contributed by atoms with Crippen molar-refractivity contribution in [2.75, 3.05) is 18.4 Å². The van der Waals surface area contributed by atoms with Crippen molar-refractivity contribution in [2.45, 2.75) is 32.7 Å². The molecule has 1 aromatic carbocycles. The molecule has 7 nitrogen and oxygen atoms in total. The van der Waals surface area contributed by atoms with Crippen LogP contribution in [-0.4, -0.2) is 41.8 Å². The first-order valence-corrected chi connectivity index (χ1v) is 11.8. The molecule has 1 saturated heterocycles. The van der Waals surface area contributed by atoms with Crippen molar-refractivity contribution in [2.24, 2.45) is 0 Å². The zero-order valence-corrected chi connectivity index (χ0v) is 19.9. The zero-order chi connectivity index (χ0) is 23.5. The summed E-state index contributed by atoms with van der Waals surface area (Å²) in [6.07, 6.45) is 1.33. The number of thiophene rings is 1. The van der Waals surface area contributed by atoms with Gasteiger partial charge in [0, 0.05) is 19.1 Å². The Hall–Kier alpha value is -3.10. The summed E-state index contributed by atoms with van der Waals surface area (Å²) < 4.78 is 5.37. The van der Waals surface area contributed by atoms with Crippen molar-refractivity contribution < 1.29 is 18.8 Å². The number of aryl methyl sites for hydroxylation is 2. The number of benzene rings is 1. The van der Waals surface area contributed by atoms with Gasteiger partial charge in [-0.1, -0.05) is 23.7 Å². The number of anilines is 1. The second kappa shape index (κ2) is 9.80. The lowest BCUT2D eigenvalue weighted by Gasteiger charge is -2.32. The molecule has 0 unspecified atom stereocenters. The van der Waals surface area contributed by atoms with Gasteiger partial charge in [0.1, 0.15) is 5.76 Å². The Morgan fingerprint density at radius 2 is 1.79 bits per heavy atom. The molecule has 33 heavy (non-hydrogen) atoms. The Balaban J connectivity index is 1.34. The molecule has 3 aromatic rings. The smallest absolute Gasteiger partial charge is 0.287 e. The van der Waals surface area contributed by atoms with Crippen LogP contribution in [-0.2, 0) is 0 Å². The van der Waals surface area contributed by atoms with Crippen LogP contribution in [0.4, 0.5) is 5.00 Å². The van der Waals surface area contributed by atoms with E-state index in [2.05, 4.69) is 10.6 Å². The van der Waals surface area contributed by atoms with Crippen LogP contribution in [0.25, 0.3) is 0 Å². The Bertz CT molecular complexity index is 1190. The average molecular weight is 486 g/mol. The standard InChI is InChI=1S/C24H24ClN3O4S/c1-14-13-20(27-22(29)17-5-3-4-6-18(17)25)33-21(14)24(31)28-11-9-16(10-12-28)26-23(30)19-8-7-15(2)32-19/h3-8,13,16H,9-12H2,1-2H3,(H,26,30)(H,27,29). The predicted octanol–water partition coefficient (Wildman–Crippen LogP) is 4.90. The summed E-state index contributed by atoms with van der Waals surface area (Å²) in [6, 6.07) is 12.0. The minimum atomic E-state index is -0.316. The van der Waals surface area contributed by atoms with E-state index in [9.17, 15) is 14.4 Å². The number of halogens is 1. The summed E-state index contributed by atoms with van der Waals surface area (Å²) in [5, 5.41) is 6.78. The first kappa shape index (κ1) is 23.1. The Morgan fingerprint density at radius 1 is 1.06 bits per heavy atom. The first-order valence-electron chi connectivity index (χ1n) is 10.6. The zero-order valence-electron chi connectivity index (χ0n) is 18.3. The van der Waals surface area contributed by atoms with E-state index >= 15 is 0 Å². The number of nitrogens with one attached hydrogen (secondary N) is 2. The molecule has 2 N–H and O–H groups in total. The number of amides is 3. The van der Waals surface area contributed by atoms with E-state index in [4.69, 9.17) is 16.0 Å². The minimum absolute atomic E-state index is 0.0122. The number of carbonyl (C=O) groups excluding carboxylic acids is 3. The molecule has 1 fully saturated rings. The molecule has 9 heteroatoms. The predicted molar refractivity (Wildman–Crippen MR) is 128 cm³/mol. The fourth-order valence-corrected chi connectivity index (χ4v) is 5.02. The van der Waals surface area contributed by atoms with Crippen molar-refractivity contribution in [3.05, 3.63) is 75.0 Å². The van der Waals surface area contributed by atoms with Crippen molar-refractivity contribution >= 4 is 45.7 Å². The van der Waals surface area contributed by atoms with Gasteiger partial charge >= 0.3 is 0 Å². The van der Waals surface area contributed by atoms with Crippen LogP contribution < -0.4 is 10.6 Å². The summed E-state index contributed by atoms with van der Waals surface area (Å²) in [5.74, 6) is 0.369. The lowest BCUT2D eigenvalue weighted by molar-refractivity contribution is 0.0699. The van der Waals surface area contributed by atoms with E-state index in [0.29, 0.717) is 57.9 Å². The number of rotatable bonds is 5.